The van der Waals surface area contributed by atoms with Crippen molar-refractivity contribution < 1.29 is 19.1 Å². The summed E-state index contributed by atoms with van der Waals surface area (Å²) in [6.07, 6.45) is 1.50. The second-order valence-corrected chi connectivity index (χ2v) is 8.59. The third-order valence-electron chi connectivity index (χ3n) is 5.08. The fourth-order valence-corrected chi connectivity index (χ4v) is 3.62. The molecule has 0 radical (unpaired) electrons. The van der Waals surface area contributed by atoms with E-state index in [4.69, 9.17) is 9.47 Å². The number of hydrogen-bond acceptors (Lipinski definition) is 5. The molecule has 3 rings (SSSR count). The predicted octanol–water partition coefficient (Wildman–Crippen LogP) is 5.16. The lowest BCUT2D eigenvalue weighted by molar-refractivity contribution is -0.118. The maximum atomic E-state index is 12.3. The highest BCUT2D eigenvalue weighted by atomic mass is 79.9. The number of carbonyl (C=O) groups excluding carboxylic acids is 2. The van der Waals surface area contributed by atoms with Gasteiger partial charge in [-0.25, -0.2) is 5.43 Å². The zero-order chi connectivity index (χ0) is 24.7. The summed E-state index contributed by atoms with van der Waals surface area (Å²) in [6, 6.07) is 16.4. The van der Waals surface area contributed by atoms with Gasteiger partial charge in [0.1, 0.15) is 0 Å². The number of benzene rings is 3. The van der Waals surface area contributed by atoms with Gasteiger partial charge in [-0.15, -0.1) is 0 Å². The fourth-order valence-electron chi connectivity index (χ4n) is 3.04. The van der Waals surface area contributed by atoms with Gasteiger partial charge in [-0.2, -0.15) is 5.10 Å². The van der Waals surface area contributed by atoms with E-state index >= 15 is 0 Å². The lowest BCUT2D eigenvalue weighted by Gasteiger charge is -2.14. The molecule has 34 heavy (non-hydrogen) atoms. The average Bonchev–Trinajstić information content (AvgIpc) is 2.80. The van der Waals surface area contributed by atoms with Crippen LogP contribution in [0.1, 0.15) is 32.6 Å². The molecule has 2 N–H and O–H groups in total. The Bertz CT molecular complexity index is 1220. The minimum absolute atomic E-state index is 0.193. The number of ether oxygens (including phenoxy) is 2. The number of nitrogens with zero attached hydrogens (tertiary/aromatic N) is 1. The molecule has 7 nitrogen and oxygen atoms in total. The van der Waals surface area contributed by atoms with Crippen molar-refractivity contribution in [3.05, 3.63) is 86.9 Å². The fraction of sp³-hybridized carbons (Fsp3) is 0.192. The molecule has 8 heteroatoms. The molecule has 0 bridgehead atoms. The number of amides is 2. The van der Waals surface area contributed by atoms with Crippen LogP contribution in [0.5, 0.6) is 11.5 Å². The first kappa shape index (κ1) is 25.0. The Balaban J connectivity index is 1.62. The van der Waals surface area contributed by atoms with Crippen LogP contribution in [-0.2, 0) is 4.79 Å². The normalized spacial score (nSPS) is 10.7. The van der Waals surface area contributed by atoms with Crippen LogP contribution in [0, 0.1) is 20.8 Å². The Morgan fingerprint density at radius 1 is 1.00 bits per heavy atom. The average molecular weight is 524 g/mol. The molecule has 0 aliphatic carbocycles. The Kier molecular flexibility index (Phi) is 8.43. The number of rotatable bonds is 8. The number of hydrogen-bond donors (Lipinski definition) is 2. The molecule has 176 valence electrons. The van der Waals surface area contributed by atoms with Crippen molar-refractivity contribution in [3.63, 3.8) is 0 Å². The van der Waals surface area contributed by atoms with Gasteiger partial charge in [0, 0.05) is 11.3 Å². The van der Waals surface area contributed by atoms with Gasteiger partial charge in [-0.3, -0.25) is 9.59 Å². The van der Waals surface area contributed by atoms with E-state index in [1.165, 1.54) is 13.3 Å². The maximum absolute atomic E-state index is 12.3. The van der Waals surface area contributed by atoms with Gasteiger partial charge < -0.3 is 14.8 Å². The van der Waals surface area contributed by atoms with E-state index in [0.29, 0.717) is 32.8 Å². The highest BCUT2D eigenvalue weighted by molar-refractivity contribution is 9.10. The van der Waals surface area contributed by atoms with Gasteiger partial charge in [0.25, 0.3) is 11.8 Å². The topological polar surface area (TPSA) is 89.0 Å². The quantitative estimate of drug-likeness (QED) is 0.315. The predicted molar refractivity (Wildman–Crippen MR) is 137 cm³/mol. The van der Waals surface area contributed by atoms with Gasteiger partial charge in [0.15, 0.2) is 18.1 Å². The van der Waals surface area contributed by atoms with Gasteiger partial charge in [0.2, 0.25) is 0 Å². The molecule has 0 aliphatic rings. The van der Waals surface area contributed by atoms with E-state index in [2.05, 4.69) is 31.8 Å². The molecule has 0 atom stereocenters. The summed E-state index contributed by atoms with van der Waals surface area (Å²) in [5.41, 5.74) is 7.71. The summed E-state index contributed by atoms with van der Waals surface area (Å²) in [5, 5.41) is 6.84. The smallest absolute Gasteiger partial charge is 0.271 e. The van der Waals surface area contributed by atoms with Crippen LogP contribution >= 0.6 is 15.9 Å². The van der Waals surface area contributed by atoms with E-state index in [0.717, 1.165) is 16.7 Å². The third kappa shape index (κ3) is 6.68. The number of aryl methyl sites for hydroxylation is 3. The standard InChI is InChI=1S/C26H26BrN3O4/c1-16-5-8-20(9-6-16)26(32)30-28-14-19-12-22(27)25(23(13-19)33-4)34-15-24(31)29-21-10-7-17(2)18(3)11-21/h5-14H,15H2,1-4H3,(H,29,31)(H,30,32)/b28-14+. The SMILES string of the molecule is COc1cc(/C=N/NC(=O)c2ccc(C)cc2)cc(Br)c1OCC(=O)Nc1ccc(C)c(C)c1. The molecule has 3 aromatic rings. The van der Waals surface area contributed by atoms with Crippen molar-refractivity contribution in [1.82, 2.24) is 5.43 Å². The molecule has 0 fully saturated rings. The van der Waals surface area contributed by atoms with E-state index in [9.17, 15) is 9.59 Å². The largest absolute Gasteiger partial charge is 0.493 e. The van der Waals surface area contributed by atoms with E-state index in [1.54, 1.807) is 24.3 Å². The van der Waals surface area contributed by atoms with Crippen LogP contribution in [0.3, 0.4) is 0 Å². The molecule has 3 aromatic carbocycles. The maximum Gasteiger partial charge on any atom is 0.271 e. The Morgan fingerprint density at radius 3 is 2.41 bits per heavy atom. The third-order valence-corrected chi connectivity index (χ3v) is 5.67. The van der Waals surface area contributed by atoms with Gasteiger partial charge >= 0.3 is 0 Å². The summed E-state index contributed by atoms with van der Waals surface area (Å²) in [5.74, 6) is 0.205. The Hall–Kier alpha value is -3.65. The summed E-state index contributed by atoms with van der Waals surface area (Å²) in [6.45, 7) is 5.76. The molecule has 2 amide bonds. The lowest BCUT2D eigenvalue weighted by atomic mass is 10.1. The molecule has 0 unspecified atom stereocenters. The second kappa shape index (κ2) is 11.5. The monoisotopic (exact) mass is 523 g/mol. The first-order valence-electron chi connectivity index (χ1n) is 10.5. The lowest BCUT2D eigenvalue weighted by Crippen LogP contribution is -2.20. The van der Waals surface area contributed by atoms with Gasteiger partial charge in [0.05, 0.1) is 17.8 Å². The van der Waals surface area contributed by atoms with Crippen molar-refractivity contribution in [1.29, 1.82) is 0 Å². The molecular formula is C26H26BrN3O4. The van der Waals surface area contributed by atoms with Crippen LogP contribution in [0.25, 0.3) is 0 Å². The first-order chi connectivity index (χ1) is 16.3. The summed E-state index contributed by atoms with van der Waals surface area (Å²) in [4.78, 5) is 24.5. The number of halogens is 1. The number of methoxy groups -OCH3 is 1. The van der Waals surface area contributed by atoms with Gasteiger partial charge in [-0.05, 0) is 89.8 Å². The molecule has 0 aromatic heterocycles. The highest BCUT2D eigenvalue weighted by Crippen LogP contribution is 2.36. The van der Waals surface area contributed by atoms with Crippen molar-refractivity contribution >= 4 is 39.6 Å². The zero-order valence-electron chi connectivity index (χ0n) is 19.4. The highest BCUT2D eigenvalue weighted by Gasteiger charge is 2.14. The minimum atomic E-state index is -0.308. The molecule has 0 saturated heterocycles. The number of nitrogens with one attached hydrogen (secondary N) is 2. The van der Waals surface area contributed by atoms with Gasteiger partial charge in [-0.1, -0.05) is 23.8 Å². The van der Waals surface area contributed by atoms with E-state index in [1.807, 2.05) is 51.1 Å². The first-order valence-corrected chi connectivity index (χ1v) is 11.3. The molecule has 0 heterocycles. The van der Waals surface area contributed by atoms with Crippen molar-refractivity contribution in [2.45, 2.75) is 20.8 Å². The minimum Gasteiger partial charge on any atom is -0.493 e. The summed E-state index contributed by atoms with van der Waals surface area (Å²) in [7, 11) is 1.50. The van der Waals surface area contributed by atoms with Crippen LogP contribution in [0.4, 0.5) is 5.69 Å². The zero-order valence-corrected chi connectivity index (χ0v) is 21.0. The molecule has 0 saturated carbocycles. The van der Waals surface area contributed by atoms with Crippen molar-refractivity contribution in [2.75, 3.05) is 19.0 Å². The van der Waals surface area contributed by atoms with Crippen LogP contribution in [-0.4, -0.2) is 31.7 Å². The number of hydrazone groups is 1. The molecule has 0 spiro atoms. The van der Waals surface area contributed by atoms with Crippen LogP contribution < -0.4 is 20.2 Å². The molecule has 0 aliphatic heterocycles. The summed E-state index contributed by atoms with van der Waals surface area (Å²) < 4.78 is 11.7. The van der Waals surface area contributed by atoms with Crippen molar-refractivity contribution in [2.24, 2.45) is 5.10 Å². The van der Waals surface area contributed by atoms with E-state index in [-0.39, 0.29) is 18.4 Å². The second-order valence-electron chi connectivity index (χ2n) is 7.74. The van der Waals surface area contributed by atoms with Crippen LogP contribution in [0.2, 0.25) is 0 Å². The van der Waals surface area contributed by atoms with Crippen molar-refractivity contribution in [3.8, 4) is 11.5 Å². The van der Waals surface area contributed by atoms with E-state index < -0.39 is 0 Å². The summed E-state index contributed by atoms with van der Waals surface area (Å²) >= 11 is 3.45. The number of carbonyl (C=O) groups is 2. The Morgan fingerprint density at radius 2 is 1.74 bits per heavy atom. The number of anilines is 1. The Labute approximate surface area is 207 Å². The van der Waals surface area contributed by atoms with Crippen LogP contribution in [0.15, 0.2) is 64.2 Å². The molecular weight excluding hydrogens is 498 g/mol.